The van der Waals surface area contributed by atoms with Gasteiger partial charge in [-0.2, -0.15) is 0 Å². The molecule has 0 atom stereocenters. The van der Waals surface area contributed by atoms with Crippen molar-refractivity contribution in [3.63, 3.8) is 0 Å². The zero-order valence-electron chi connectivity index (χ0n) is 16.8. The number of esters is 4. The molecule has 0 saturated carbocycles. The van der Waals surface area contributed by atoms with Crippen LogP contribution in [0.3, 0.4) is 0 Å². The summed E-state index contributed by atoms with van der Waals surface area (Å²) in [6, 6.07) is 6.21. The Kier molecular flexibility index (Phi) is 11.9. The van der Waals surface area contributed by atoms with Crippen molar-refractivity contribution in [1.82, 2.24) is 0 Å². The Morgan fingerprint density at radius 3 is 1.30 bits per heavy atom. The van der Waals surface area contributed by atoms with Crippen LogP contribution in [0.2, 0.25) is 0 Å². The number of hydrogen-bond acceptors (Lipinski definition) is 8. The van der Waals surface area contributed by atoms with Gasteiger partial charge in [-0.05, 0) is 37.8 Å². The van der Waals surface area contributed by atoms with Crippen molar-refractivity contribution in [3.8, 4) is 0 Å². The Balaban J connectivity index is 2.39. The van der Waals surface area contributed by atoms with Gasteiger partial charge in [0.25, 0.3) is 0 Å². The second kappa shape index (κ2) is 14.6. The molecular weight excluding hydrogens is 392 g/mol. The van der Waals surface area contributed by atoms with Gasteiger partial charge < -0.3 is 18.9 Å². The third kappa shape index (κ3) is 9.68. The number of benzene rings is 1. The van der Waals surface area contributed by atoms with Crippen LogP contribution < -0.4 is 0 Å². The number of rotatable bonds is 14. The third-order valence-electron chi connectivity index (χ3n) is 3.73. The first-order valence-corrected chi connectivity index (χ1v) is 9.51. The summed E-state index contributed by atoms with van der Waals surface area (Å²) in [5, 5.41) is 0. The minimum absolute atomic E-state index is 0.112. The van der Waals surface area contributed by atoms with E-state index in [0.717, 1.165) is 12.2 Å². The molecule has 0 bridgehead atoms. The van der Waals surface area contributed by atoms with Crippen LogP contribution in [0.5, 0.6) is 0 Å². The van der Waals surface area contributed by atoms with E-state index >= 15 is 0 Å². The van der Waals surface area contributed by atoms with E-state index in [1.165, 1.54) is 12.1 Å². The van der Waals surface area contributed by atoms with E-state index in [2.05, 4.69) is 13.2 Å². The average molecular weight is 418 g/mol. The smallest absolute Gasteiger partial charge is 0.339 e. The van der Waals surface area contributed by atoms with E-state index in [0.29, 0.717) is 25.7 Å². The summed E-state index contributed by atoms with van der Waals surface area (Å²) in [7, 11) is 0. The summed E-state index contributed by atoms with van der Waals surface area (Å²) in [5.41, 5.74) is 0.223. The molecule has 0 unspecified atom stereocenters. The highest BCUT2D eigenvalue weighted by Gasteiger charge is 2.18. The Bertz CT molecular complexity index is 690. The molecule has 8 nitrogen and oxygen atoms in total. The lowest BCUT2D eigenvalue weighted by atomic mass is 10.1. The maximum atomic E-state index is 12.3. The number of hydrogen-bond donors (Lipinski definition) is 0. The van der Waals surface area contributed by atoms with Crippen LogP contribution in [-0.4, -0.2) is 50.3 Å². The molecule has 0 radical (unpaired) electrons. The van der Waals surface area contributed by atoms with Gasteiger partial charge in [-0.3, -0.25) is 0 Å². The van der Waals surface area contributed by atoms with Crippen molar-refractivity contribution in [3.05, 3.63) is 60.7 Å². The molecule has 1 aromatic rings. The van der Waals surface area contributed by atoms with Crippen molar-refractivity contribution < 1.29 is 38.1 Å². The van der Waals surface area contributed by atoms with Crippen molar-refractivity contribution in [2.75, 3.05) is 26.4 Å². The lowest BCUT2D eigenvalue weighted by Gasteiger charge is -2.10. The Labute approximate surface area is 175 Å². The fourth-order valence-corrected chi connectivity index (χ4v) is 2.20. The molecular formula is C22H26O8. The summed E-state index contributed by atoms with van der Waals surface area (Å²) >= 11 is 0. The lowest BCUT2D eigenvalue weighted by molar-refractivity contribution is -0.138. The highest BCUT2D eigenvalue weighted by atomic mass is 16.5. The maximum absolute atomic E-state index is 12.3. The van der Waals surface area contributed by atoms with E-state index in [1.807, 2.05) is 0 Å². The van der Waals surface area contributed by atoms with E-state index < -0.39 is 23.9 Å². The molecule has 0 aromatic heterocycles. The third-order valence-corrected chi connectivity index (χ3v) is 3.73. The summed E-state index contributed by atoms with van der Waals surface area (Å²) in [6.45, 7) is 7.24. The number of carbonyl (C=O) groups excluding carboxylic acids is 4. The van der Waals surface area contributed by atoms with E-state index in [1.54, 1.807) is 12.1 Å². The van der Waals surface area contributed by atoms with Crippen LogP contribution in [0.1, 0.15) is 46.4 Å². The Morgan fingerprint density at radius 1 is 0.633 bits per heavy atom. The SMILES string of the molecule is C=CC(=O)OCCCCOC(=O)c1ccccc1C(=O)OCCCCOC(=O)C=C. The Morgan fingerprint density at radius 2 is 0.967 bits per heavy atom. The lowest BCUT2D eigenvalue weighted by Crippen LogP contribution is -2.15. The van der Waals surface area contributed by atoms with Crippen molar-refractivity contribution >= 4 is 23.9 Å². The number of ether oxygens (including phenoxy) is 4. The minimum Gasteiger partial charge on any atom is -0.463 e. The second-order valence-corrected chi connectivity index (χ2v) is 5.97. The predicted molar refractivity (Wildman–Crippen MR) is 108 cm³/mol. The molecule has 0 saturated heterocycles. The van der Waals surface area contributed by atoms with Gasteiger partial charge in [-0.25, -0.2) is 19.2 Å². The molecule has 0 aliphatic carbocycles. The molecule has 162 valence electrons. The van der Waals surface area contributed by atoms with Crippen LogP contribution in [0, 0.1) is 0 Å². The molecule has 0 amide bonds. The van der Waals surface area contributed by atoms with Crippen molar-refractivity contribution in [2.24, 2.45) is 0 Å². The Hall–Kier alpha value is -3.42. The van der Waals surface area contributed by atoms with Crippen LogP contribution in [0.4, 0.5) is 0 Å². The van der Waals surface area contributed by atoms with Gasteiger partial charge in [-0.1, -0.05) is 25.3 Å². The quantitative estimate of drug-likeness (QED) is 0.196. The first-order chi connectivity index (χ1) is 14.5. The molecule has 8 heteroatoms. The topological polar surface area (TPSA) is 105 Å². The molecule has 1 aromatic carbocycles. The highest BCUT2D eigenvalue weighted by molar-refractivity contribution is 6.03. The molecule has 0 spiro atoms. The van der Waals surface area contributed by atoms with Crippen molar-refractivity contribution in [1.29, 1.82) is 0 Å². The van der Waals surface area contributed by atoms with Gasteiger partial charge in [0.1, 0.15) is 0 Å². The zero-order chi connectivity index (χ0) is 22.2. The molecule has 0 aliphatic rings. The minimum atomic E-state index is -0.637. The van der Waals surface area contributed by atoms with Crippen molar-refractivity contribution in [2.45, 2.75) is 25.7 Å². The first-order valence-electron chi connectivity index (χ1n) is 9.51. The summed E-state index contributed by atoms with van der Waals surface area (Å²) in [5.74, 6) is -2.28. The molecule has 1 rings (SSSR count). The number of carbonyl (C=O) groups is 4. The fraction of sp³-hybridized carbons (Fsp3) is 0.364. The highest BCUT2D eigenvalue weighted by Crippen LogP contribution is 2.13. The summed E-state index contributed by atoms with van der Waals surface area (Å²) in [6.07, 6.45) is 4.21. The van der Waals surface area contributed by atoms with Crippen LogP contribution in [-0.2, 0) is 28.5 Å². The average Bonchev–Trinajstić information content (AvgIpc) is 2.77. The van der Waals surface area contributed by atoms with Gasteiger partial charge in [0.05, 0.1) is 37.6 Å². The monoisotopic (exact) mass is 418 g/mol. The van der Waals surface area contributed by atoms with E-state index in [-0.39, 0.29) is 37.6 Å². The molecule has 0 fully saturated rings. The largest absolute Gasteiger partial charge is 0.463 e. The molecule has 30 heavy (non-hydrogen) atoms. The second-order valence-electron chi connectivity index (χ2n) is 5.97. The fourth-order valence-electron chi connectivity index (χ4n) is 2.20. The van der Waals surface area contributed by atoms with Crippen LogP contribution in [0.15, 0.2) is 49.6 Å². The van der Waals surface area contributed by atoms with Gasteiger partial charge in [0, 0.05) is 12.2 Å². The van der Waals surface area contributed by atoms with E-state index in [4.69, 9.17) is 18.9 Å². The van der Waals surface area contributed by atoms with Gasteiger partial charge in [0.15, 0.2) is 0 Å². The normalized spacial score (nSPS) is 9.87. The summed E-state index contributed by atoms with van der Waals surface area (Å²) < 4.78 is 20.0. The van der Waals surface area contributed by atoms with Gasteiger partial charge in [-0.15, -0.1) is 0 Å². The van der Waals surface area contributed by atoms with Crippen LogP contribution >= 0.6 is 0 Å². The predicted octanol–water partition coefficient (Wildman–Crippen LogP) is 3.02. The van der Waals surface area contributed by atoms with Gasteiger partial charge in [0.2, 0.25) is 0 Å². The van der Waals surface area contributed by atoms with E-state index in [9.17, 15) is 19.2 Å². The first kappa shape index (κ1) is 24.6. The number of unbranched alkanes of at least 4 members (excludes halogenated alkanes) is 2. The van der Waals surface area contributed by atoms with Crippen LogP contribution in [0.25, 0.3) is 0 Å². The molecule has 0 N–H and O–H groups in total. The standard InChI is InChI=1S/C22H26O8/c1-3-19(23)27-13-7-9-15-29-21(25)17-11-5-6-12-18(17)22(26)30-16-10-8-14-28-20(24)4-2/h3-6,11-12H,1-2,7-10,13-16H2. The maximum Gasteiger partial charge on any atom is 0.339 e. The molecule has 0 heterocycles. The summed E-state index contributed by atoms with van der Waals surface area (Å²) in [4.78, 5) is 46.4. The van der Waals surface area contributed by atoms with Gasteiger partial charge >= 0.3 is 23.9 Å². The molecule has 0 aliphatic heterocycles. The zero-order valence-corrected chi connectivity index (χ0v) is 16.8.